The average Bonchev–Trinajstić information content (AvgIpc) is 3.22. The van der Waals surface area contributed by atoms with E-state index in [0.717, 1.165) is 41.4 Å². The second kappa shape index (κ2) is 8.54. The number of rotatable bonds is 7. The Bertz CT molecular complexity index is 1330. The molecule has 2 heterocycles. The minimum atomic E-state index is -1.23. The van der Waals surface area contributed by atoms with Crippen LogP contribution in [0.1, 0.15) is 41.5 Å². The molecule has 0 bridgehead atoms. The van der Waals surface area contributed by atoms with E-state index in [9.17, 15) is 20.0 Å². The van der Waals surface area contributed by atoms with E-state index >= 15 is 0 Å². The highest BCUT2D eigenvalue weighted by molar-refractivity contribution is 5.95. The molecule has 0 aliphatic heterocycles. The van der Waals surface area contributed by atoms with Crippen LogP contribution in [0.5, 0.6) is 0 Å². The normalized spacial score (nSPS) is 11.1. The Labute approximate surface area is 183 Å². The fourth-order valence-corrected chi connectivity index (χ4v) is 3.69. The summed E-state index contributed by atoms with van der Waals surface area (Å²) in [7, 11) is 0. The number of carbonyl (C=O) groups is 1. The molecule has 32 heavy (non-hydrogen) atoms. The van der Waals surface area contributed by atoms with Gasteiger partial charge in [-0.05, 0) is 55.7 Å². The number of carboxylic acids is 1. The Morgan fingerprint density at radius 3 is 2.56 bits per heavy atom. The predicted molar refractivity (Wildman–Crippen MR) is 119 cm³/mol. The number of aromatic carboxylic acids is 1. The van der Waals surface area contributed by atoms with E-state index in [4.69, 9.17) is 0 Å². The second-order valence-corrected chi connectivity index (χ2v) is 7.55. The van der Waals surface area contributed by atoms with Crippen LogP contribution in [0, 0.1) is 17.0 Å². The highest BCUT2D eigenvalue weighted by Gasteiger charge is 2.23. The van der Waals surface area contributed by atoms with Crippen molar-refractivity contribution in [2.24, 2.45) is 0 Å². The summed E-state index contributed by atoms with van der Waals surface area (Å²) in [5.41, 5.74) is 3.71. The molecule has 0 aliphatic carbocycles. The number of hydrogen-bond acceptors (Lipinski definition) is 6. The van der Waals surface area contributed by atoms with Gasteiger partial charge in [-0.2, -0.15) is 0 Å². The molecule has 0 fully saturated rings. The number of carboxylic acid groups (broad SMARTS) is 1. The standard InChI is InChI=1S/C23H21N5O4/c1-3-4-5-15-6-11-19-18(13-15)20(12-14(2)24-19)27-22(21(23(29)30)25-26-27)16-7-9-17(10-8-16)28(31)32/h6-13H,3-5H2,1-2H3,(H,29,30). The van der Waals surface area contributed by atoms with Gasteiger partial charge < -0.3 is 5.11 Å². The van der Waals surface area contributed by atoms with Crippen molar-refractivity contribution in [1.29, 1.82) is 0 Å². The van der Waals surface area contributed by atoms with Gasteiger partial charge in [0.2, 0.25) is 0 Å². The first kappa shape index (κ1) is 21.1. The van der Waals surface area contributed by atoms with E-state index in [1.54, 1.807) is 0 Å². The van der Waals surface area contributed by atoms with Crippen LogP contribution in [0.25, 0.3) is 27.8 Å². The van der Waals surface area contributed by atoms with Gasteiger partial charge in [0, 0.05) is 28.8 Å². The fourth-order valence-electron chi connectivity index (χ4n) is 3.69. The fraction of sp³-hybridized carbons (Fsp3) is 0.217. The molecule has 1 N–H and O–H groups in total. The first-order valence-corrected chi connectivity index (χ1v) is 10.2. The second-order valence-electron chi connectivity index (χ2n) is 7.55. The number of hydrogen-bond donors (Lipinski definition) is 1. The summed E-state index contributed by atoms with van der Waals surface area (Å²) in [6, 6.07) is 13.6. The zero-order valence-corrected chi connectivity index (χ0v) is 17.6. The van der Waals surface area contributed by atoms with E-state index in [1.807, 2.05) is 19.1 Å². The maximum atomic E-state index is 11.9. The van der Waals surface area contributed by atoms with Gasteiger partial charge in [-0.3, -0.25) is 15.1 Å². The van der Waals surface area contributed by atoms with Crippen molar-refractivity contribution in [3.63, 3.8) is 0 Å². The lowest BCUT2D eigenvalue weighted by Crippen LogP contribution is -2.05. The molecule has 0 amide bonds. The van der Waals surface area contributed by atoms with Crippen LogP contribution in [0.3, 0.4) is 0 Å². The van der Waals surface area contributed by atoms with Crippen molar-refractivity contribution in [3.8, 4) is 16.9 Å². The third-order valence-corrected chi connectivity index (χ3v) is 5.25. The molecular weight excluding hydrogens is 410 g/mol. The Morgan fingerprint density at radius 1 is 1.16 bits per heavy atom. The summed E-state index contributed by atoms with van der Waals surface area (Å²) in [5.74, 6) is -1.23. The quantitative estimate of drug-likeness (QED) is 0.331. The molecule has 9 heteroatoms. The number of nitrogens with zero attached hydrogens (tertiary/aromatic N) is 5. The van der Waals surface area contributed by atoms with Crippen LogP contribution < -0.4 is 0 Å². The zero-order chi connectivity index (χ0) is 22.8. The number of aromatic nitrogens is 4. The number of fused-ring (bicyclic) bond motifs is 1. The summed E-state index contributed by atoms with van der Waals surface area (Å²) >= 11 is 0. The van der Waals surface area contributed by atoms with Crippen LogP contribution in [0.15, 0.2) is 48.5 Å². The summed E-state index contributed by atoms with van der Waals surface area (Å²) in [6.07, 6.45) is 3.06. The van der Waals surface area contributed by atoms with Crippen molar-refractivity contribution in [3.05, 3.63) is 75.6 Å². The lowest BCUT2D eigenvalue weighted by atomic mass is 10.0. The molecule has 2 aromatic carbocycles. The van der Waals surface area contributed by atoms with Crippen molar-refractivity contribution in [1.82, 2.24) is 20.0 Å². The largest absolute Gasteiger partial charge is 0.476 e. The number of nitro benzene ring substituents is 1. The van der Waals surface area contributed by atoms with Gasteiger partial charge in [-0.1, -0.05) is 24.6 Å². The number of non-ortho nitro benzene ring substituents is 1. The van der Waals surface area contributed by atoms with E-state index in [0.29, 0.717) is 11.3 Å². The average molecular weight is 431 g/mol. The molecule has 2 aromatic heterocycles. The minimum absolute atomic E-state index is 0.0876. The molecule has 162 valence electrons. The van der Waals surface area contributed by atoms with Crippen molar-refractivity contribution in [2.75, 3.05) is 0 Å². The Kier molecular flexibility index (Phi) is 5.63. The Morgan fingerprint density at radius 2 is 1.91 bits per heavy atom. The topological polar surface area (TPSA) is 124 Å². The molecule has 0 atom stereocenters. The predicted octanol–water partition coefficient (Wildman–Crippen LogP) is 4.74. The molecule has 4 aromatic rings. The van der Waals surface area contributed by atoms with Crippen LogP contribution in [-0.4, -0.2) is 36.0 Å². The molecule has 0 radical (unpaired) electrons. The van der Waals surface area contributed by atoms with Gasteiger partial charge in [0.05, 0.1) is 16.1 Å². The van der Waals surface area contributed by atoms with Crippen molar-refractivity contribution in [2.45, 2.75) is 33.1 Å². The van der Waals surface area contributed by atoms with Gasteiger partial charge in [0.1, 0.15) is 5.69 Å². The molecule has 4 rings (SSSR count). The molecule has 9 nitrogen and oxygen atoms in total. The van der Waals surface area contributed by atoms with Crippen LogP contribution >= 0.6 is 0 Å². The summed E-state index contributed by atoms with van der Waals surface area (Å²) in [5, 5.41) is 29.6. The summed E-state index contributed by atoms with van der Waals surface area (Å²) in [4.78, 5) is 27.0. The van der Waals surface area contributed by atoms with Crippen molar-refractivity contribution < 1.29 is 14.8 Å². The smallest absolute Gasteiger partial charge is 0.358 e. The molecule has 0 aliphatic rings. The zero-order valence-electron chi connectivity index (χ0n) is 17.6. The minimum Gasteiger partial charge on any atom is -0.476 e. The monoisotopic (exact) mass is 431 g/mol. The molecule has 0 spiro atoms. The highest BCUT2D eigenvalue weighted by Crippen LogP contribution is 2.31. The molecule has 0 saturated heterocycles. The van der Waals surface area contributed by atoms with Gasteiger partial charge in [-0.25, -0.2) is 9.48 Å². The number of nitro groups is 1. The van der Waals surface area contributed by atoms with Gasteiger partial charge in [0.15, 0.2) is 5.69 Å². The van der Waals surface area contributed by atoms with E-state index in [2.05, 4.69) is 34.4 Å². The third-order valence-electron chi connectivity index (χ3n) is 5.25. The summed E-state index contributed by atoms with van der Waals surface area (Å²) in [6.45, 7) is 3.99. The van der Waals surface area contributed by atoms with Gasteiger partial charge >= 0.3 is 5.97 Å². The lowest BCUT2D eigenvalue weighted by molar-refractivity contribution is -0.384. The number of pyridine rings is 1. The molecule has 0 unspecified atom stereocenters. The third kappa shape index (κ3) is 3.92. The maximum absolute atomic E-state index is 11.9. The Balaban J connectivity index is 1.95. The van der Waals surface area contributed by atoms with Crippen LogP contribution in [0.4, 0.5) is 5.69 Å². The summed E-state index contributed by atoms with van der Waals surface area (Å²) < 4.78 is 1.48. The van der Waals surface area contributed by atoms with Gasteiger partial charge in [-0.15, -0.1) is 5.10 Å². The van der Waals surface area contributed by atoms with E-state index < -0.39 is 10.9 Å². The van der Waals surface area contributed by atoms with E-state index in [1.165, 1.54) is 28.9 Å². The SMILES string of the molecule is CCCCc1ccc2nc(C)cc(-n3nnc(C(=O)O)c3-c3ccc([N+](=O)[O-])cc3)c2c1. The maximum Gasteiger partial charge on any atom is 0.358 e. The highest BCUT2D eigenvalue weighted by atomic mass is 16.6. The molecule has 0 saturated carbocycles. The molecular formula is C23H21N5O4. The van der Waals surface area contributed by atoms with Crippen LogP contribution in [0.2, 0.25) is 0 Å². The van der Waals surface area contributed by atoms with Crippen LogP contribution in [-0.2, 0) is 6.42 Å². The first-order chi connectivity index (χ1) is 15.4. The first-order valence-electron chi connectivity index (χ1n) is 10.2. The lowest BCUT2D eigenvalue weighted by Gasteiger charge is -2.12. The Hall–Kier alpha value is -4.14. The van der Waals surface area contributed by atoms with Crippen molar-refractivity contribution >= 4 is 22.6 Å². The van der Waals surface area contributed by atoms with Gasteiger partial charge in [0.25, 0.3) is 5.69 Å². The number of unbranched alkanes of at least 4 members (excludes halogenated alkanes) is 1. The number of aryl methyl sites for hydroxylation is 2. The number of benzene rings is 2. The van der Waals surface area contributed by atoms with E-state index in [-0.39, 0.29) is 17.1 Å².